The predicted octanol–water partition coefficient (Wildman–Crippen LogP) is 2.77. The van der Waals surface area contributed by atoms with Gasteiger partial charge in [0.2, 0.25) is 5.89 Å². The van der Waals surface area contributed by atoms with Crippen LogP contribution in [0.4, 0.5) is 8.78 Å². The number of aromatic nitrogens is 1. The normalized spacial score (nSPS) is 11.6. The van der Waals surface area contributed by atoms with E-state index < -0.39 is 6.61 Å². The van der Waals surface area contributed by atoms with Crippen molar-refractivity contribution in [2.45, 2.75) is 33.5 Å². The Morgan fingerprint density at radius 3 is 2.58 bits per heavy atom. The molecular weight excluding hydrogens is 346 g/mol. The van der Waals surface area contributed by atoms with Gasteiger partial charge in [0, 0.05) is 25.2 Å². The van der Waals surface area contributed by atoms with Crippen LogP contribution in [0, 0.1) is 13.8 Å². The fourth-order valence-electron chi connectivity index (χ4n) is 2.19. The second kappa shape index (κ2) is 9.02. The largest absolute Gasteiger partial charge is 0.497 e. The lowest BCUT2D eigenvalue weighted by molar-refractivity contribution is -0.0505. The maximum atomic E-state index is 12.6. The number of hydrogen-bond donors (Lipinski definition) is 2. The zero-order valence-corrected chi connectivity index (χ0v) is 15.1. The Balaban J connectivity index is 1.99. The van der Waals surface area contributed by atoms with Gasteiger partial charge in [0.15, 0.2) is 5.96 Å². The van der Waals surface area contributed by atoms with E-state index in [0.29, 0.717) is 29.7 Å². The summed E-state index contributed by atoms with van der Waals surface area (Å²) in [5, 5.41) is 6.08. The fraction of sp³-hybridized carbons (Fsp3) is 0.412. The van der Waals surface area contributed by atoms with Crippen LogP contribution in [0.3, 0.4) is 0 Å². The predicted molar refractivity (Wildman–Crippen MR) is 92.6 cm³/mol. The van der Waals surface area contributed by atoms with E-state index in [1.807, 2.05) is 13.8 Å². The van der Waals surface area contributed by atoms with Crippen molar-refractivity contribution >= 4 is 5.96 Å². The zero-order valence-electron chi connectivity index (χ0n) is 15.1. The second-order valence-electron chi connectivity index (χ2n) is 5.38. The summed E-state index contributed by atoms with van der Waals surface area (Å²) in [6.07, 6.45) is 0. The van der Waals surface area contributed by atoms with Crippen molar-refractivity contribution in [2.24, 2.45) is 4.99 Å². The summed E-state index contributed by atoms with van der Waals surface area (Å²) in [7, 11) is 3.06. The molecule has 0 aliphatic heterocycles. The van der Waals surface area contributed by atoms with Gasteiger partial charge >= 0.3 is 6.61 Å². The van der Waals surface area contributed by atoms with Crippen molar-refractivity contribution in [1.29, 1.82) is 0 Å². The first-order chi connectivity index (χ1) is 12.4. The van der Waals surface area contributed by atoms with Crippen molar-refractivity contribution in [2.75, 3.05) is 14.2 Å². The minimum atomic E-state index is -2.92. The van der Waals surface area contributed by atoms with Gasteiger partial charge in [-0.25, -0.2) is 4.98 Å². The van der Waals surface area contributed by atoms with Crippen LogP contribution >= 0.6 is 0 Å². The third kappa shape index (κ3) is 5.33. The molecule has 2 rings (SSSR count). The molecule has 1 aromatic heterocycles. The Bertz CT molecular complexity index is 743. The van der Waals surface area contributed by atoms with Crippen LogP contribution in [0.25, 0.3) is 0 Å². The molecule has 142 valence electrons. The quantitative estimate of drug-likeness (QED) is 0.578. The number of nitrogens with one attached hydrogen (secondary N) is 2. The lowest BCUT2D eigenvalue weighted by Gasteiger charge is -2.15. The van der Waals surface area contributed by atoms with Crippen molar-refractivity contribution in [1.82, 2.24) is 15.6 Å². The van der Waals surface area contributed by atoms with E-state index in [1.165, 1.54) is 13.2 Å². The Hall–Kier alpha value is -2.84. The molecule has 0 spiro atoms. The van der Waals surface area contributed by atoms with Crippen LogP contribution in [0.1, 0.15) is 22.9 Å². The minimum Gasteiger partial charge on any atom is -0.497 e. The number of aryl methyl sites for hydroxylation is 2. The average Bonchev–Trinajstić information content (AvgIpc) is 2.93. The summed E-state index contributed by atoms with van der Waals surface area (Å²) in [4.78, 5) is 8.35. The number of nitrogens with zero attached hydrogens (tertiary/aromatic N) is 2. The molecule has 26 heavy (non-hydrogen) atoms. The van der Waals surface area contributed by atoms with E-state index in [2.05, 4.69) is 25.3 Å². The van der Waals surface area contributed by atoms with Crippen LogP contribution in [0.5, 0.6) is 11.5 Å². The highest BCUT2D eigenvalue weighted by molar-refractivity contribution is 5.79. The molecule has 0 amide bonds. The number of aliphatic imine (C=N–C) groups is 1. The van der Waals surface area contributed by atoms with Crippen molar-refractivity contribution in [3.63, 3.8) is 0 Å². The molecule has 0 saturated carbocycles. The Morgan fingerprint density at radius 2 is 2.00 bits per heavy atom. The molecule has 0 atom stereocenters. The minimum absolute atomic E-state index is 0.0428. The van der Waals surface area contributed by atoms with Crippen LogP contribution in [-0.4, -0.2) is 31.7 Å². The second-order valence-corrected chi connectivity index (χ2v) is 5.38. The number of halogens is 2. The molecule has 0 radical (unpaired) electrons. The van der Waals surface area contributed by atoms with Crippen molar-refractivity contribution in [3.05, 3.63) is 41.1 Å². The van der Waals surface area contributed by atoms with E-state index in [4.69, 9.17) is 9.15 Å². The summed E-state index contributed by atoms with van der Waals surface area (Å²) in [6.45, 7) is 1.36. The van der Waals surface area contributed by atoms with Gasteiger partial charge in [-0.2, -0.15) is 8.78 Å². The monoisotopic (exact) mass is 368 g/mol. The van der Waals surface area contributed by atoms with Crippen molar-refractivity contribution in [3.8, 4) is 11.5 Å². The Morgan fingerprint density at radius 1 is 1.27 bits per heavy atom. The highest BCUT2D eigenvalue weighted by Gasteiger charge is 2.12. The number of methoxy groups -OCH3 is 1. The lowest BCUT2D eigenvalue weighted by atomic mass is 10.2. The van der Waals surface area contributed by atoms with Gasteiger partial charge in [0.1, 0.15) is 17.3 Å². The summed E-state index contributed by atoms with van der Waals surface area (Å²) in [6, 6.07) is 4.74. The molecule has 0 saturated heterocycles. The molecule has 2 aromatic rings. The number of rotatable bonds is 7. The summed E-state index contributed by atoms with van der Waals surface area (Å²) >= 11 is 0. The smallest absolute Gasteiger partial charge is 0.387 e. The molecule has 0 unspecified atom stereocenters. The number of oxazole rings is 1. The fourth-order valence-corrected chi connectivity index (χ4v) is 2.19. The SMILES string of the molecule is CN=C(NCc1nc(C)c(C)o1)NCc1ccc(OC)cc1OC(F)F. The molecule has 1 heterocycles. The van der Waals surface area contributed by atoms with Gasteiger partial charge in [-0.15, -0.1) is 0 Å². The van der Waals surface area contributed by atoms with E-state index in [0.717, 1.165) is 11.5 Å². The third-order valence-electron chi connectivity index (χ3n) is 3.64. The lowest BCUT2D eigenvalue weighted by Crippen LogP contribution is -2.36. The maximum absolute atomic E-state index is 12.6. The first-order valence-electron chi connectivity index (χ1n) is 7.92. The van der Waals surface area contributed by atoms with Crippen molar-refractivity contribution < 1.29 is 22.7 Å². The molecule has 9 heteroatoms. The first kappa shape index (κ1) is 19.5. The van der Waals surface area contributed by atoms with Crippen LogP contribution < -0.4 is 20.1 Å². The van der Waals surface area contributed by atoms with Crippen LogP contribution in [-0.2, 0) is 13.1 Å². The van der Waals surface area contributed by atoms with Crippen LogP contribution in [0.15, 0.2) is 27.6 Å². The molecule has 0 bridgehead atoms. The first-order valence-corrected chi connectivity index (χ1v) is 7.92. The van der Waals surface area contributed by atoms with E-state index in [-0.39, 0.29) is 12.3 Å². The average molecular weight is 368 g/mol. The molecule has 2 N–H and O–H groups in total. The Kier molecular flexibility index (Phi) is 6.76. The summed E-state index contributed by atoms with van der Waals surface area (Å²) in [5.74, 6) is 2.24. The highest BCUT2D eigenvalue weighted by Crippen LogP contribution is 2.26. The van der Waals surface area contributed by atoms with Gasteiger partial charge in [0.25, 0.3) is 0 Å². The molecule has 0 fully saturated rings. The van der Waals surface area contributed by atoms with Gasteiger partial charge in [-0.1, -0.05) is 0 Å². The topological polar surface area (TPSA) is 80.9 Å². The molecule has 7 nitrogen and oxygen atoms in total. The summed E-state index contributed by atoms with van der Waals surface area (Å²) < 4.78 is 40.3. The summed E-state index contributed by atoms with van der Waals surface area (Å²) in [5.41, 5.74) is 1.37. The zero-order chi connectivity index (χ0) is 19.1. The van der Waals surface area contributed by atoms with E-state index >= 15 is 0 Å². The number of ether oxygens (including phenoxy) is 2. The number of hydrogen-bond acceptors (Lipinski definition) is 5. The van der Waals surface area contributed by atoms with Crippen LogP contribution in [0.2, 0.25) is 0 Å². The molecule has 0 aliphatic carbocycles. The maximum Gasteiger partial charge on any atom is 0.387 e. The molecule has 1 aromatic carbocycles. The van der Waals surface area contributed by atoms with Gasteiger partial charge in [-0.05, 0) is 26.0 Å². The Labute approximate surface area is 150 Å². The molecule has 0 aliphatic rings. The van der Waals surface area contributed by atoms with Gasteiger partial charge in [-0.3, -0.25) is 4.99 Å². The van der Waals surface area contributed by atoms with Gasteiger partial charge in [0.05, 0.1) is 19.3 Å². The number of guanidine groups is 1. The number of alkyl halides is 2. The number of benzene rings is 1. The third-order valence-corrected chi connectivity index (χ3v) is 3.64. The van der Waals surface area contributed by atoms with E-state index in [1.54, 1.807) is 19.2 Å². The van der Waals surface area contributed by atoms with Gasteiger partial charge < -0.3 is 24.5 Å². The standard InChI is InChI=1S/C17H22F2N4O3/c1-10-11(2)25-15(23-10)9-22-17(20-3)21-8-12-5-6-13(24-4)7-14(12)26-16(18)19/h5-7,16H,8-9H2,1-4H3,(H2,20,21,22). The molecular formula is C17H22F2N4O3. The highest BCUT2D eigenvalue weighted by atomic mass is 19.3. The van der Waals surface area contributed by atoms with E-state index in [9.17, 15) is 8.78 Å².